The molecule has 0 unspecified atom stereocenters. The van der Waals surface area contributed by atoms with E-state index in [1.54, 1.807) is 12.1 Å². The second-order valence-electron chi connectivity index (χ2n) is 9.60. The Morgan fingerprint density at radius 2 is 1.59 bits per heavy atom. The summed E-state index contributed by atoms with van der Waals surface area (Å²) in [6.45, 7) is 4.43. The predicted molar refractivity (Wildman–Crippen MR) is 124 cm³/mol. The van der Waals surface area contributed by atoms with Gasteiger partial charge in [-0.1, -0.05) is 26.0 Å². The third-order valence-electron chi connectivity index (χ3n) is 7.74. The number of aromatic nitrogens is 5. The van der Waals surface area contributed by atoms with Gasteiger partial charge in [0, 0.05) is 0 Å². The van der Waals surface area contributed by atoms with Crippen LogP contribution in [-0.4, -0.2) is 25.4 Å². The molecule has 2 N–H and O–H groups in total. The summed E-state index contributed by atoms with van der Waals surface area (Å²) in [6.07, 6.45) is 1.79. The van der Waals surface area contributed by atoms with Gasteiger partial charge in [0.15, 0.2) is 0 Å². The molecule has 8 heteroatoms. The highest BCUT2D eigenvalue weighted by Gasteiger charge is 2.65. The summed E-state index contributed by atoms with van der Waals surface area (Å²) in [4.78, 5) is 5.00. The highest BCUT2D eigenvalue weighted by atomic mass is 19.1. The van der Waals surface area contributed by atoms with Crippen molar-refractivity contribution in [1.29, 1.82) is 0 Å². The molecule has 1 fully saturated rings. The van der Waals surface area contributed by atoms with Gasteiger partial charge in [-0.25, -0.2) is 8.78 Å². The highest BCUT2D eigenvalue weighted by Crippen LogP contribution is 2.69. The number of halogens is 2. The van der Waals surface area contributed by atoms with Gasteiger partial charge in [-0.3, -0.25) is 4.98 Å². The van der Waals surface area contributed by atoms with Crippen LogP contribution in [0.25, 0.3) is 22.6 Å². The van der Waals surface area contributed by atoms with E-state index in [1.807, 2.05) is 24.3 Å². The number of hydrogen-bond acceptors (Lipinski definition) is 6. The molecule has 4 aromatic rings. The third kappa shape index (κ3) is 2.68. The van der Waals surface area contributed by atoms with Crippen molar-refractivity contribution in [2.75, 3.05) is 5.73 Å². The van der Waals surface area contributed by atoms with Crippen LogP contribution in [-0.2, 0) is 5.41 Å². The SMILES string of the molecule is CC1(C)[C@H]2CC[C@]1(c1cccc(-c3ccc(N)nn3)n1)c1nnc(-c3c(F)cccc3F)cc12. The molecular weight excluding hydrogens is 434 g/mol. The average Bonchev–Trinajstić information content (AvgIpc) is 3.21. The molecular formula is C26H22F2N6. The molecule has 2 atom stereocenters. The quantitative estimate of drug-likeness (QED) is 0.463. The van der Waals surface area contributed by atoms with Crippen molar-refractivity contribution in [1.82, 2.24) is 25.4 Å². The number of nitrogens with two attached hydrogens (primary N) is 1. The molecule has 1 aromatic carbocycles. The van der Waals surface area contributed by atoms with Crippen molar-refractivity contribution in [3.63, 3.8) is 0 Å². The molecule has 0 aliphatic heterocycles. The molecule has 0 radical (unpaired) electrons. The first-order chi connectivity index (χ1) is 16.3. The van der Waals surface area contributed by atoms with Crippen molar-refractivity contribution in [2.24, 2.45) is 5.41 Å². The van der Waals surface area contributed by atoms with E-state index in [0.717, 1.165) is 29.8 Å². The van der Waals surface area contributed by atoms with E-state index in [9.17, 15) is 8.78 Å². The molecule has 2 aliphatic rings. The highest BCUT2D eigenvalue weighted by molar-refractivity contribution is 5.64. The van der Waals surface area contributed by atoms with Crippen LogP contribution < -0.4 is 5.73 Å². The number of anilines is 1. The Morgan fingerprint density at radius 1 is 0.853 bits per heavy atom. The van der Waals surface area contributed by atoms with Crippen LogP contribution >= 0.6 is 0 Å². The molecule has 0 amide bonds. The Kier molecular flexibility index (Phi) is 4.33. The topological polar surface area (TPSA) is 90.5 Å². The van der Waals surface area contributed by atoms with Crippen molar-refractivity contribution < 1.29 is 8.78 Å². The Labute approximate surface area is 195 Å². The molecule has 34 heavy (non-hydrogen) atoms. The number of nitrogen functional groups attached to an aromatic ring is 1. The average molecular weight is 457 g/mol. The molecule has 1 saturated carbocycles. The first kappa shape index (κ1) is 20.8. The standard InChI is InChI=1S/C26H22F2N6/c1-25(2)15-11-12-26(25,21-8-4-7-18(30-21)19-9-10-22(29)33-31-19)24-14(15)13-20(32-34-24)23-16(27)5-3-6-17(23)28/h3-10,13,15H,11-12H2,1-2H3,(H2,29,33)/t15-,26-/m0/s1. The summed E-state index contributed by atoms with van der Waals surface area (Å²) < 4.78 is 28.9. The second kappa shape index (κ2) is 7.09. The van der Waals surface area contributed by atoms with E-state index >= 15 is 0 Å². The smallest absolute Gasteiger partial charge is 0.146 e. The second-order valence-corrected chi connectivity index (χ2v) is 9.60. The summed E-state index contributed by atoms with van der Waals surface area (Å²) >= 11 is 0. The Balaban J connectivity index is 1.51. The number of pyridine rings is 1. The van der Waals surface area contributed by atoms with E-state index < -0.39 is 17.0 Å². The Bertz CT molecular complexity index is 1420. The van der Waals surface area contributed by atoms with Gasteiger partial charge in [0.05, 0.1) is 33.8 Å². The molecule has 6 rings (SSSR count). The molecule has 2 bridgehead atoms. The largest absolute Gasteiger partial charge is 0.382 e. The normalized spacial score (nSPS) is 22.1. The van der Waals surface area contributed by atoms with Crippen LogP contribution in [0.4, 0.5) is 14.6 Å². The van der Waals surface area contributed by atoms with E-state index in [2.05, 4.69) is 34.2 Å². The van der Waals surface area contributed by atoms with Gasteiger partial charge in [-0.2, -0.15) is 5.10 Å². The minimum Gasteiger partial charge on any atom is -0.382 e. The lowest BCUT2D eigenvalue weighted by Crippen LogP contribution is -2.37. The van der Waals surface area contributed by atoms with Crippen molar-refractivity contribution >= 4 is 5.82 Å². The van der Waals surface area contributed by atoms with Crippen LogP contribution in [0, 0.1) is 17.0 Å². The fourth-order valence-electron chi connectivity index (χ4n) is 6.05. The van der Waals surface area contributed by atoms with Crippen LogP contribution in [0.5, 0.6) is 0 Å². The van der Waals surface area contributed by atoms with Gasteiger partial charge >= 0.3 is 0 Å². The van der Waals surface area contributed by atoms with Gasteiger partial charge in [0.25, 0.3) is 0 Å². The van der Waals surface area contributed by atoms with Gasteiger partial charge in [0.2, 0.25) is 0 Å². The first-order valence-corrected chi connectivity index (χ1v) is 11.2. The van der Waals surface area contributed by atoms with Crippen LogP contribution in [0.3, 0.4) is 0 Å². The van der Waals surface area contributed by atoms with Gasteiger partial charge in [-0.05, 0) is 72.2 Å². The predicted octanol–water partition coefficient (Wildman–Crippen LogP) is 5.06. The van der Waals surface area contributed by atoms with E-state index in [1.165, 1.54) is 18.2 Å². The number of hydrogen-bond donors (Lipinski definition) is 1. The lowest BCUT2D eigenvalue weighted by atomic mass is 9.66. The van der Waals surface area contributed by atoms with Crippen molar-refractivity contribution in [2.45, 2.75) is 38.0 Å². The van der Waals surface area contributed by atoms with Crippen molar-refractivity contribution in [3.05, 3.63) is 83.2 Å². The Morgan fingerprint density at radius 3 is 2.32 bits per heavy atom. The maximum absolute atomic E-state index is 14.5. The summed E-state index contributed by atoms with van der Waals surface area (Å²) in [5.74, 6) is -0.774. The minimum atomic E-state index is -0.648. The minimum absolute atomic E-state index is 0.144. The first-order valence-electron chi connectivity index (χ1n) is 11.2. The van der Waals surface area contributed by atoms with Gasteiger partial charge < -0.3 is 5.73 Å². The maximum atomic E-state index is 14.5. The van der Waals surface area contributed by atoms with E-state index in [0.29, 0.717) is 17.2 Å². The van der Waals surface area contributed by atoms with Gasteiger partial charge in [0.1, 0.15) is 23.1 Å². The van der Waals surface area contributed by atoms with E-state index in [-0.39, 0.29) is 22.6 Å². The number of fused-ring (bicyclic) bond motifs is 5. The zero-order valence-corrected chi connectivity index (χ0v) is 18.8. The molecule has 6 nitrogen and oxygen atoms in total. The summed E-state index contributed by atoms with van der Waals surface area (Å²) in [5.41, 5.74) is 9.12. The summed E-state index contributed by atoms with van der Waals surface area (Å²) in [7, 11) is 0. The zero-order valence-electron chi connectivity index (χ0n) is 18.8. The van der Waals surface area contributed by atoms with Crippen LogP contribution in [0.15, 0.2) is 54.6 Å². The number of rotatable bonds is 3. The van der Waals surface area contributed by atoms with Crippen LogP contribution in [0.1, 0.15) is 49.6 Å². The Hall–Kier alpha value is -3.81. The monoisotopic (exact) mass is 456 g/mol. The summed E-state index contributed by atoms with van der Waals surface area (Å²) in [5, 5.41) is 17.0. The van der Waals surface area contributed by atoms with Crippen molar-refractivity contribution in [3.8, 4) is 22.6 Å². The van der Waals surface area contributed by atoms with Crippen LogP contribution in [0.2, 0.25) is 0 Å². The molecule has 0 saturated heterocycles. The number of benzene rings is 1. The fraction of sp³-hybridized carbons (Fsp3) is 0.269. The number of nitrogens with zero attached hydrogens (tertiary/aromatic N) is 5. The lowest BCUT2D eigenvalue weighted by Gasteiger charge is -2.37. The van der Waals surface area contributed by atoms with Gasteiger partial charge in [-0.15, -0.1) is 15.3 Å². The van der Waals surface area contributed by atoms with E-state index in [4.69, 9.17) is 10.7 Å². The fourth-order valence-corrected chi connectivity index (χ4v) is 6.05. The molecule has 3 heterocycles. The molecule has 0 spiro atoms. The molecule has 2 aliphatic carbocycles. The zero-order chi connectivity index (χ0) is 23.7. The summed E-state index contributed by atoms with van der Waals surface area (Å²) in [6, 6.07) is 15.0. The maximum Gasteiger partial charge on any atom is 0.146 e. The lowest BCUT2D eigenvalue weighted by molar-refractivity contribution is 0.243. The third-order valence-corrected chi connectivity index (χ3v) is 7.74. The molecule has 3 aromatic heterocycles. The molecule has 170 valence electrons.